The van der Waals surface area contributed by atoms with Gasteiger partial charge in [0.05, 0.1) is 26.1 Å². The first-order chi connectivity index (χ1) is 5.83. The van der Waals surface area contributed by atoms with E-state index in [0.29, 0.717) is 25.6 Å². The van der Waals surface area contributed by atoms with E-state index in [-0.39, 0.29) is 6.61 Å². The van der Waals surface area contributed by atoms with Gasteiger partial charge in [0.1, 0.15) is 5.82 Å². The zero-order valence-electron chi connectivity index (χ0n) is 6.81. The summed E-state index contributed by atoms with van der Waals surface area (Å²) in [6.45, 7) is 1.72. The molecular weight excluding hydrogens is 158 g/mol. The maximum Gasteiger partial charge on any atom is 0.141 e. The highest BCUT2D eigenvalue weighted by molar-refractivity contribution is 5.22. The molecule has 0 saturated heterocycles. The summed E-state index contributed by atoms with van der Waals surface area (Å²) in [6, 6.07) is 0. The molecule has 0 aromatic carbocycles. The predicted octanol–water partition coefficient (Wildman–Crippen LogP) is -0.526. The molecular formula is C7H13N3O2. The molecule has 12 heavy (non-hydrogen) atoms. The molecule has 1 aromatic heterocycles. The zero-order valence-corrected chi connectivity index (χ0v) is 6.81. The second kappa shape index (κ2) is 4.74. The normalized spacial score (nSPS) is 10.4. The van der Waals surface area contributed by atoms with Crippen LogP contribution < -0.4 is 5.73 Å². The van der Waals surface area contributed by atoms with Crippen LogP contribution in [0.2, 0.25) is 0 Å². The van der Waals surface area contributed by atoms with Crippen molar-refractivity contribution in [1.29, 1.82) is 0 Å². The number of anilines is 1. The SMILES string of the molecule is Nc1cn(CCOCCO)cn1. The van der Waals surface area contributed by atoms with Crippen LogP contribution in [0.15, 0.2) is 12.5 Å². The van der Waals surface area contributed by atoms with Crippen molar-refractivity contribution in [2.45, 2.75) is 6.54 Å². The van der Waals surface area contributed by atoms with Crippen molar-refractivity contribution in [3.05, 3.63) is 12.5 Å². The van der Waals surface area contributed by atoms with E-state index in [1.54, 1.807) is 12.5 Å². The molecule has 5 heteroatoms. The van der Waals surface area contributed by atoms with Crippen molar-refractivity contribution in [3.8, 4) is 0 Å². The largest absolute Gasteiger partial charge is 0.394 e. The second-order valence-corrected chi connectivity index (χ2v) is 2.37. The third kappa shape index (κ3) is 2.89. The molecule has 1 rings (SSSR count). The minimum Gasteiger partial charge on any atom is -0.394 e. The van der Waals surface area contributed by atoms with Gasteiger partial charge in [-0.2, -0.15) is 0 Å². The Balaban J connectivity index is 2.15. The fourth-order valence-corrected chi connectivity index (χ4v) is 0.836. The molecule has 0 amide bonds. The van der Waals surface area contributed by atoms with E-state index in [0.717, 1.165) is 0 Å². The predicted molar refractivity (Wildman–Crippen MR) is 44.5 cm³/mol. The van der Waals surface area contributed by atoms with E-state index in [9.17, 15) is 0 Å². The van der Waals surface area contributed by atoms with Crippen molar-refractivity contribution in [2.75, 3.05) is 25.6 Å². The number of nitrogens with two attached hydrogens (primary N) is 1. The van der Waals surface area contributed by atoms with Crippen molar-refractivity contribution < 1.29 is 9.84 Å². The standard InChI is InChI=1S/C7H13N3O2/c8-7-5-10(6-9-7)1-3-12-4-2-11/h5-6,11H,1-4,8H2. The first-order valence-corrected chi connectivity index (χ1v) is 3.79. The van der Waals surface area contributed by atoms with Crippen LogP contribution in [-0.2, 0) is 11.3 Å². The minimum atomic E-state index is 0.0616. The van der Waals surface area contributed by atoms with Crippen molar-refractivity contribution in [3.63, 3.8) is 0 Å². The van der Waals surface area contributed by atoms with Gasteiger partial charge in [0.25, 0.3) is 0 Å². The summed E-state index contributed by atoms with van der Waals surface area (Å²) in [6.07, 6.45) is 3.39. The lowest BCUT2D eigenvalue weighted by molar-refractivity contribution is 0.0870. The van der Waals surface area contributed by atoms with Crippen LogP contribution in [0, 0.1) is 0 Å². The lowest BCUT2D eigenvalue weighted by Gasteiger charge is -2.01. The van der Waals surface area contributed by atoms with Gasteiger partial charge in [-0.1, -0.05) is 0 Å². The number of nitrogen functional groups attached to an aromatic ring is 1. The van der Waals surface area contributed by atoms with E-state index in [1.807, 2.05) is 4.57 Å². The van der Waals surface area contributed by atoms with Gasteiger partial charge in [0.2, 0.25) is 0 Å². The lowest BCUT2D eigenvalue weighted by Crippen LogP contribution is -2.06. The average molecular weight is 171 g/mol. The Morgan fingerprint density at radius 2 is 2.42 bits per heavy atom. The van der Waals surface area contributed by atoms with Crippen LogP contribution in [0.5, 0.6) is 0 Å². The number of imidazole rings is 1. The summed E-state index contributed by atoms with van der Waals surface area (Å²) in [4.78, 5) is 3.85. The maximum absolute atomic E-state index is 8.40. The molecule has 0 saturated carbocycles. The molecule has 0 spiro atoms. The third-order valence-corrected chi connectivity index (χ3v) is 1.38. The molecule has 0 bridgehead atoms. The van der Waals surface area contributed by atoms with Crippen LogP contribution in [-0.4, -0.2) is 34.5 Å². The summed E-state index contributed by atoms with van der Waals surface area (Å²) in [5.41, 5.74) is 5.40. The Hall–Kier alpha value is -1.07. The van der Waals surface area contributed by atoms with E-state index in [2.05, 4.69) is 4.98 Å². The maximum atomic E-state index is 8.40. The van der Waals surface area contributed by atoms with E-state index >= 15 is 0 Å². The van der Waals surface area contributed by atoms with Crippen LogP contribution in [0.4, 0.5) is 5.82 Å². The molecule has 0 radical (unpaired) electrons. The highest BCUT2D eigenvalue weighted by atomic mass is 16.5. The van der Waals surface area contributed by atoms with Gasteiger partial charge in [-0.25, -0.2) is 4.98 Å². The Morgan fingerprint density at radius 1 is 1.58 bits per heavy atom. The van der Waals surface area contributed by atoms with Gasteiger partial charge >= 0.3 is 0 Å². The number of aliphatic hydroxyl groups excluding tert-OH is 1. The number of aliphatic hydroxyl groups is 1. The highest BCUT2D eigenvalue weighted by Crippen LogP contribution is 1.95. The topological polar surface area (TPSA) is 73.3 Å². The summed E-state index contributed by atoms with van der Waals surface area (Å²) < 4.78 is 6.90. The Kier molecular flexibility index (Phi) is 3.56. The fourth-order valence-electron chi connectivity index (χ4n) is 0.836. The first kappa shape index (κ1) is 9.02. The fraction of sp³-hybridized carbons (Fsp3) is 0.571. The number of hydrogen-bond acceptors (Lipinski definition) is 4. The monoisotopic (exact) mass is 171 g/mol. The van der Waals surface area contributed by atoms with Crippen LogP contribution >= 0.6 is 0 Å². The molecule has 3 N–H and O–H groups in total. The van der Waals surface area contributed by atoms with Gasteiger partial charge in [0, 0.05) is 12.7 Å². The van der Waals surface area contributed by atoms with Gasteiger partial charge in [-0.05, 0) is 0 Å². The molecule has 0 fully saturated rings. The molecule has 1 aromatic rings. The van der Waals surface area contributed by atoms with Gasteiger partial charge in [0.15, 0.2) is 0 Å². The van der Waals surface area contributed by atoms with Gasteiger partial charge < -0.3 is 20.1 Å². The van der Waals surface area contributed by atoms with E-state index < -0.39 is 0 Å². The number of aromatic nitrogens is 2. The van der Waals surface area contributed by atoms with Gasteiger partial charge in [-0.3, -0.25) is 0 Å². The number of ether oxygens (including phenoxy) is 1. The molecule has 0 aliphatic heterocycles. The summed E-state index contributed by atoms with van der Waals surface area (Å²) in [5, 5.41) is 8.40. The summed E-state index contributed by atoms with van der Waals surface area (Å²) in [5.74, 6) is 0.511. The molecule has 1 heterocycles. The zero-order chi connectivity index (χ0) is 8.81. The number of nitrogens with zero attached hydrogens (tertiary/aromatic N) is 2. The number of hydrogen-bond donors (Lipinski definition) is 2. The number of rotatable bonds is 5. The van der Waals surface area contributed by atoms with Crippen molar-refractivity contribution in [2.24, 2.45) is 0 Å². The molecule has 0 aliphatic carbocycles. The van der Waals surface area contributed by atoms with E-state index in [4.69, 9.17) is 15.6 Å². The minimum absolute atomic E-state index is 0.0616. The Bertz CT molecular complexity index is 224. The smallest absolute Gasteiger partial charge is 0.141 e. The molecule has 0 unspecified atom stereocenters. The van der Waals surface area contributed by atoms with Crippen molar-refractivity contribution >= 4 is 5.82 Å². The highest BCUT2D eigenvalue weighted by Gasteiger charge is 1.93. The Labute approximate surface area is 70.8 Å². The van der Waals surface area contributed by atoms with E-state index in [1.165, 1.54) is 0 Å². The molecule has 68 valence electrons. The lowest BCUT2D eigenvalue weighted by atomic mass is 10.6. The quantitative estimate of drug-likeness (QED) is 0.584. The van der Waals surface area contributed by atoms with Crippen LogP contribution in [0.1, 0.15) is 0 Å². The summed E-state index contributed by atoms with van der Waals surface area (Å²) >= 11 is 0. The van der Waals surface area contributed by atoms with Crippen molar-refractivity contribution in [1.82, 2.24) is 9.55 Å². The first-order valence-electron chi connectivity index (χ1n) is 3.79. The third-order valence-electron chi connectivity index (χ3n) is 1.38. The van der Waals surface area contributed by atoms with Crippen LogP contribution in [0.3, 0.4) is 0 Å². The molecule has 0 aliphatic rings. The summed E-state index contributed by atoms with van der Waals surface area (Å²) in [7, 11) is 0. The average Bonchev–Trinajstić information content (AvgIpc) is 2.45. The second-order valence-electron chi connectivity index (χ2n) is 2.37. The Morgan fingerprint density at radius 3 is 3.00 bits per heavy atom. The molecule has 5 nitrogen and oxygen atoms in total. The van der Waals surface area contributed by atoms with Crippen LogP contribution in [0.25, 0.3) is 0 Å². The molecule has 0 atom stereocenters. The van der Waals surface area contributed by atoms with Gasteiger partial charge in [-0.15, -0.1) is 0 Å².